The molecule has 0 aliphatic heterocycles. The SMILES string of the molecule is CCCC(=NOCC=CCl)C1C(=O)CC(=CS(=O)c2cc(F)c(F)cc2F)CC1=O. The Bertz CT molecular complexity index is 926. The summed E-state index contributed by atoms with van der Waals surface area (Å²) >= 11 is 5.39. The van der Waals surface area contributed by atoms with E-state index in [2.05, 4.69) is 5.16 Å². The summed E-state index contributed by atoms with van der Waals surface area (Å²) in [5, 5.41) is 4.93. The van der Waals surface area contributed by atoms with Gasteiger partial charge in [-0.15, -0.1) is 0 Å². The molecule has 10 heteroatoms. The molecule has 0 saturated heterocycles. The Kier molecular flexibility index (Phi) is 8.98. The molecule has 5 nitrogen and oxygen atoms in total. The zero-order chi connectivity index (χ0) is 22.3. The summed E-state index contributed by atoms with van der Waals surface area (Å²) in [6.45, 7) is 1.94. The first kappa shape index (κ1) is 24.0. The quantitative estimate of drug-likeness (QED) is 0.187. The van der Waals surface area contributed by atoms with Gasteiger partial charge >= 0.3 is 0 Å². The van der Waals surface area contributed by atoms with E-state index in [0.29, 0.717) is 30.7 Å². The first-order valence-corrected chi connectivity index (χ1v) is 10.7. The Labute approximate surface area is 179 Å². The number of hydrogen-bond acceptors (Lipinski definition) is 5. The average Bonchev–Trinajstić information content (AvgIpc) is 2.67. The van der Waals surface area contributed by atoms with Gasteiger partial charge in [-0.25, -0.2) is 17.4 Å². The van der Waals surface area contributed by atoms with Gasteiger partial charge < -0.3 is 4.84 Å². The van der Waals surface area contributed by atoms with E-state index < -0.39 is 50.6 Å². The van der Waals surface area contributed by atoms with Crippen LogP contribution < -0.4 is 0 Å². The molecule has 0 spiro atoms. The highest BCUT2D eigenvalue weighted by atomic mass is 35.5. The van der Waals surface area contributed by atoms with Gasteiger partial charge in [-0.1, -0.05) is 30.1 Å². The van der Waals surface area contributed by atoms with Crippen LogP contribution in [-0.2, 0) is 25.2 Å². The zero-order valence-electron chi connectivity index (χ0n) is 16.0. The van der Waals surface area contributed by atoms with Crippen LogP contribution in [0.3, 0.4) is 0 Å². The second kappa shape index (κ2) is 11.2. The molecule has 0 amide bonds. The van der Waals surface area contributed by atoms with E-state index in [9.17, 15) is 27.0 Å². The average molecular weight is 462 g/mol. The van der Waals surface area contributed by atoms with E-state index in [0.717, 1.165) is 5.41 Å². The number of oxime groups is 1. The maximum absolute atomic E-state index is 13.8. The lowest BCUT2D eigenvalue weighted by Gasteiger charge is -2.22. The first-order valence-electron chi connectivity index (χ1n) is 9.02. The number of benzene rings is 1. The van der Waals surface area contributed by atoms with Crippen molar-refractivity contribution >= 4 is 39.7 Å². The van der Waals surface area contributed by atoms with Gasteiger partial charge in [0, 0.05) is 29.9 Å². The van der Waals surface area contributed by atoms with Crippen molar-refractivity contribution in [1.29, 1.82) is 0 Å². The Morgan fingerprint density at radius 1 is 1.20 bits per heavy atom. The van der Waals surface area contributed by atoms with Crippen molar-refractivity contribution in [3.05, 3.63) is 52.2 Å². The minimum Gasteiger partial charge on any atom is -0.392 e. The van der Waals surface area contributed by atoms with Crippen LogP contribution in [-0.4, -0.2) is 28.1 Å². The monoisotopic (exact) mass is 461 g/mol. The molecule has 0 radical (unpaired) electrons. The molecule has 162 valence electrons. The number of rotatable bonds is 8. The number of Topliss-reactive ketones (excluding diaryl/α,β-unsaturated/α-hetero) is 2. The fourth-order valence-corrected chi connectivity index (χ4v) is 4.06. The molecule has 1 aliphatic carbocycles. The molecule has 1 aromatic carbocycles. The molecule has 1 atom stereocenters. The molecule has 1 fully saturated rings. The van der Waals surface area contributed by atoms with Crippen LogP contribution in [0.2, 0.25) is 0 Å². The number of halogens is 4. The van der Waals surface area contributed by atoms with Gasteiger partial charge in [-0.05, 0) is 24.1 Å². The molecule has 1 aliphatic rings. The van der Waals surface area contributed by atoms with Crippen LogP contribution in [0, 0.1) is 23.4 Å². The zero-order valence-corrected chi connectivity index (χ0v) is 17.6. The van der Waals surface area contributed by atoms with E-state index in [1.165, 1.54) is 11.6 Å². The lowest BCUT2D eigenvalue weighted by Crippen LogP contribution is -2.36. The number of nitrogens with zero attached hydrogens (tertiary/aromatic N) is 1. The molecule has 30 heavy (non-hydrogen) atoms. The topological polar surface area (TPSA) is 72.8 Å². The largest absolute Gasteiger partial charge is 0.392 e. The third kappa shape index (κ3) is 6.12. The highest BCUT2D eigenvalue weighted by Gasteiger charge is 2.36. The van der Waals surface area contributed by atoms with Crippen LogP contribution >= 0.6 is 11.6 Å². The molecule has 1 saturated carbocycles. The van der Waals surface area contributed by atoms with Crippen LogP contribution in [0.4, 0.5) is 13.2 Å². The summed E-state index contributed by atoms with van der Waals surface area (Å²) < 4.78 is 52.6. The minimum absolute atomic E-state index is 0.0791. The van der Waals surface area contributed by atoms with E-state index in [-0.39, 0.29) is 25.0 Å². The van der Waals surface area contributed by atoms with Crippen molar-refractivity contribution in [1.82, 2.24) is 0 Å². The number of carbonyl (C=O) groups is 2. The maximum atomic E-state index is 13.8. The van der Waals surface area contributed by atoms with E-state index >= 15 is 0 Å². The third-order valence-electron chi connectivity index (χ3n) is 4.19. The fraction of sp³-hybridized carbons (Fsp3) is 0.350. The highest BCUT2D eigenvalue weighted by Crippen LogP contribution is 2.27. The lowest BCUT2D eigenvalue weighted by molar-refractivity contribution is -0.131. The molecule has 0 aromatic heterocycles. The molecule has 0 bridgehead atoms. The van der Waals surface area contributed by atoms with Crippen molar-refractivity contribution in [3.63, 3.8) is 0 Å². The normalized spacial score (nSPS) is 18.8. The van der Waals surface area contributed by atoms with Crippen LogP contribution in [0.5, 0.6) is 0 Å². The smallest absolute Gasteiger partial charge is 0.161 e. The summed E-state index contributed by atoms with van der Waals surface area (Å²) in [5.74, 6) is -5.92. The molecule has 1 aromatic rings. The Hall–Kier alpha value is -2.26. The van der Waals surface area contributed by atoms with Crippen LogP contribution in [0.15, 0.2) is 44.8 Å². The molecule has 0 N–H and O–H groups in total. The van der Waals surface area contributed by atoms with Gasteiger partial charge in [0.2, 0.25) is 0 Å². The minimum atomic E-state index is -2.20. The van der Waals surface area contributed by atoms with Gasteiger partial charge in [0.05, 0.1) is 21.4 Å². The number of allylic oxidation sites excluding steroid dienone is 1. The second-order valence-corrected chi connectivity index (χ2v) is 8.00. The summed E-state index contributed by atoms with van der Waals surface area (Å²) in [5.41, 5.74) is 1.76. The lowest BCUT2D eigenvalue weighted by atomic mass is 9.80. The number of carbonyl (C=O) groups excluding carboxylic acids is 2. The predicted octanol–water partition coefficient (Wildman–Crippen LogP) is 4.57. The number of ketones is 2. The van der Waals surface area contributed by atoms with Gasteiger partial charge in [0.15, 0.2) is 23.2 Å². The Morgan fingerprint density at radius 3 is 2.43 bits per heavy atom. The van der Waals surface area contributed by atoms with E-state index in [1.807, 2.05) is 6.92 Å². The van der Waals surface area contributed by atoms with Crippen molar-refractivity contribution in [2.45, 2.75) is 37.5 Å². The predicted molar refractivity (Wildman–Crippen MR) is 107 cm³/mol. The second-order valence-electron chi connectivity index (χ2n) is 6.48. The summed E-state index contributed by atoms with van der Waals surface area (Å²) in [6.07, 6.45) is 2.10. The van der Waals surface area contributed by atoms with E-state index in [4.69, 9.17) is 16.4 Å². The van der Waals surface area contributed by atoms with Crippen molar-refractivity contribution < 1.29 is 31.8 Å². The summed E-state index contributed by atoms with van der Waals surface area (Å²) in [4.78, 5) is 29.7. The molecule has 1 unspecified atom stereocenters. The standard InChI is InChI=1S/C20H19ClF3NO4S/c1-2-4-16(25-29-6-3-5-21)20-17(26)7-12(8-18(20)27)11-30(28)19-10-14(23)13(22)9-15(19)24/h3,5,9-11,20H,2,4,6-8H2,1H3. The summed E-state index contributed by atoms with van der Waals surface area (Å²) in [7, 11) is -2.20. The van der Waals surface area contributed by atoms with Gasteiger partial charge in [0.1, 0.15) is 18.3 Å². The maximum Gasteiger partial charge on any atom is 0.161 e. The number of hydrogen-bond donors (Lipinski definition) is 0. The van der Waals surface area contributed by atoms with Crippen molar-refractivity contribution in [3.8, 4) is 0 Å². The Balaban J connectivity index is 2.20. The van der Waals surface area contributed by atoms with Gasteiger partial charge in [-0.2, -0.15) is 0 Å². The molecule has 0 heterocycles. The Morgan fingerprint density at radius 2 is 1.83 bits per heavy atom. The first-order chi connectivity index (χ1) is 14.3. The van der Waals surface area contributed by atoms with Crippen molar-refractivity contribution in [2.75, 3.05) is 6.61 Å². The third-order valence-corrected chi connectivity index (χ3v) is 5.66. The van der Waals surface area contributed by atoms with E-state index in [1.54, 1.807) is 0 Å². The fourth-order valence-electron chi connectivity index (χ4n) is 2.92. The van der Waals surface area contributed by atoms with Crippen LogP contribution in [0.1, 0.15) is 32.6 Å². The molecular weight excluding hydrogens is 443 g/mol. The van der Waals surface area contributed by atoms with Crippen molar-refractivity contribution in [2.24, 2.45) is 11.1 Å². The van der Waals surface area contributed by atoms with Crippen LogP contribution in [0.25, 0.3) is 0 Å². The van der Waals surface area contributed by atoms with Gasteiger partial charge in [0.25, 0.3) is 0 Å². The molecular formula is C20H19ClF3NO4S. The highest BCUT2D eigenvalue weighted by molar-refractivity contribution is 7.88. The molecule has 2 rings (SSSR count). The summed E-state index contributed by atoms with van der Waals surface area (Å²) in [6, 6.07) is 0.785. The van der Waals surface area contributed by atoms with Gasteiger partial charge in [-0.3, -0.25) is 9.59 Å².